The number of hydrogen-bond donors (Lipinski definition) is 2. The van der Waals surface area contributed by atoms with E-state index in [0.717, 1.165) is 29.9 Å². The highest BCUT2D eigenvalue weighted by Crippen LogP contribution is 2.38. The minimum atomic E-state index is -0.196. The predicted molar refractivity (Wildman–Crippen MR) is 167 cm³/mol. The minimum absolute atomic E-state index is 0.0430. The lowest BCUT2D eigenvalue weighted by Gasteiger charge is -2.19. The van der Waals surface area contributed by atoms with E-state index >= 15 is 0 Å². The highest BCUT2D eigenvalue weighted by Gasteiger charge is 2.30. The third-order valence-corrected chi connectivity index (χ3v) is 7.35. The summed E-state index contributed by atoms with van der Waals surface area (Å²) in [4.78, 5) is 30.6. The average Bonchev–Trinajstić information content (AvgIpc) is 3.32. The molecular weight excluding hydrogens is 508 g/mol. The lowest BCUT2D eigenvalue weighted by molar-refractivity contribution is -0.110. The Labute approximate surface area is 242 Å². The topological polar surface area (TPSA) is 64.7 Å². The molecule has 1 aliphatic rings. The zero-order chi connectivity index (χ0) is 28.8. The smallest absolute Gasteiger partial charge is 0.258 e. The first-order chi connectivity index (χ1) is 20.0. The molecule has 0 atom stereocenters. The normalized spacial score (nSPS) is 13.5. The highest BCUT2D eigenvalue weighted by atomic mass is 16.2. The molecule has 41 heavy (non-hydrogen) atoms. The van der Waals surface area contributed by atoms with E-state index in [1.54, 1.807) is 11.0 Å². The molecule has 0 fully saturated rings. The molecular formula is C35H36N4O2. The summed E-state index contributed by atoms with van der Waals surface area (Å²) in [6.07, 6.45) is 0. The minimum Gasteiger partial charge on any atom is -0.354 e. The molecule has 4 aromatic carbocycles. The number of fused-ring (bicyclic) bond motifs is 1. The number of amides is 2. The zero-order valence-corrected chi connectivity index (χ0v) is 23.9. The molecule has 0 unspecified atom stereocenters. The molecule has 0 spiro atoms. The van der Waals surface area contributed by atoms with Gasteiger partial charge in [-0.2, -0.15) is 0 Å². The maximum absolute atomic E-state index is 13.4. The quantitative estimate of drug-likeness (QED) is 0.217. The molecule has 1 aliphatic heterocycles. The predicted octanol–water partition coefficient (Wildman–Crippen LogP) is 6.73. The van der Waals surface area contributed by atoms with Gasteiger partial charge in [0.05, 0.1) is 11.3 Å². The molecule has 2 N–H and O–H groups in total. The fourth-order valence-corrected chi connectivity index (χ4v) is 5.23. The average molecular weight is 545 g/mol. The lowest BCUT2D eigenvalue weighted by atomic mass is 9.98. The van der Waals surface area contributed by atoms with Gasteiger partial charge in [0.2, 0.25) is 0 Å². The number of rotatable bonds is 10. The Balaban J connectivity index is 1.45. The molecule has 0 aliphatic carbocycles. The van der Waals surface area contributed by atoms with Gasteiger partial charge in [-0.3, -0.25) is 14.5 Å². The van der Waals surface area contributed by atoms with Crippen LogP contribution in [-0.2, 0) is 17.9 Å². The van der Waals surface area contributed by atoms with Gasteiger partial charge in [-0.25, -0.2) is 0 Å². The number of carbonyl (C=O) groups excluding carboxylic acids is 2. The Hall–Kier alpha value is -4.68. The summed E-state index contributed by atoms with van der Waals surface area (Å²) in [7, 11) is 2.12. The number of nitrogens with one attached hydrogen (secondary N) is 2. The molecule has 0 radical (unpaired) electrons. The van der Waals surface area contributed by atoms with Crippen molar-refractivity contribution >= 4 is 34.5 Å². The van der Waals surface area contributed by atoms with Crippen LogP contribution in [0.2, 0.25) is 0 Å². The first kappa shape index (κ1) is 27.9. The van der Waals surface area contributed by atoms with Crippen molar-refractivity contribution in [1.82, 2.24) is 9.80 Å². The molecule has 0 bridgehead atoms. The maximum Gasteiger partial charge on any atom is 0.258 e. The second kappa shape index (κ2) is 12.7. The molecule has 1 heterocycles. The highest BCUT2D eigenvalue weighted by molar-refractivity contribution is 6.37. The summed E-state index contributed by atoms with van der Waals surface area (Å²) in [6, 6.07) is 34.0. The Morgan fingerprint density at radius 1 is 0.756 bits per heavy atom. The Morgan fingerprint density at radius 3 is 2.00 bits per heavy atom. The monoisotopic (exact) mass is 544 g/mol. The van der Waals surface area contributed by atoms with Gasteiger partial charge in [0.15, 0.2) is 0 Å². The van der Waals surface area contributed by atoms with E-state index in [4.69, 9.17) is 0 Å². The van der Waals surface area contributed by atoms with Crippen LogP contribution < -0.4 is 10.6 Å². The van der Waals surface area contributed by atoms with Crippen LogP contribution in [0.15, 0.2) is 103 Å². The van der Waals surface area contributed by atoms with Gasteiger partial charge in [-0.15, -0.1) is 0 Å². The molecule has 0 saturated carbocycles. The van der Waals surface area contributed by atoms with Gasteiger partial charge in [-0.05, 0) is 67.9 Å². The summed E-state index contributed by atoms with van der Waals surface area (Å²) in [5.41, 5.74) is 7.45. The van der Waals surface area contributed by atoms with Crippen molar-refractivity contribution in [2.75, 3.05) is 30.8 Å². The van der Waals surface area contributed by atoms with Gasteiger partial charge >= 0.3 is 0 Å². The Bertz CT molecular complexity index is 1540. The molecule has 6 nitrogen and oxygen atoms in total. The van der Waals surface area contributed by atoms with Crippen molar-refractivity contribution in [3.63, 3.8) is 0 Å². The van der Waals surface area contributed by atoms with E-state index in [0.29, 0.717) is 35.6 Å². The number of nitrogens with zero attached hydrogens (tertiary/aromatic N) is 2. The molecule has 208 valence electrons. The largest absolute Gasteiger partial charge is 0.354 e. The summed E-state index contributed by atoms with van der Waals surface area (Å²) in [5, 5.41) is 6.52. The van der Waals surface area contributed by atoms with E-state index in [1.165, 1.54) is 11.1 Å². The summed E-state index contributed by atoms with van der Waals surface area (Å²) >= 11 is 0. The molecule has 2 amide bonds. The van der Waals surface area contributed by atoms with Crippen molar-refractivity contribution in [3.05, 3.63) is 131 Å². The van der Waals surface area contributed by atoms with Crippen LogP contribution in [0.25, 0.3) is 11.3 Å². The van der Waals surface area contributed by atoms with E-state index in [9.17, 15) is 9.59 Å². The van der Waals surface area contributed by atoms with Crippen molar-refractivity contribution in [2.45, 2.75) is 26.9 Å². The molecule has 5 rings (SSSR count). The maximum atomic E-state index is 13.4. The van der Waals surface area contributed by atoms with Gasteiger partial charge < -0.3 is 15.5 Å². The molecule has 6 heteroatoms. The van der Waals surface area contributed by atoms with Gasteiger partial charge in [0.25, 0.3) is 11.8 Å². The van der Waals surface area contributed by atoms with Crippen molar-refractivity contribution in [3.8, 4) is 0 Å². The van der Waals surface area contributed by atoms with Crippen molar-refractivity contribution in [1.29, 1.82) is 0 Å². The number of anilines is 2. The lowest BCUT2D eigenvalue weighted by Crippen LogP contribution is -2.30. The van der Waals surface area contributed by atoms with E-state index < -0.39 is 0 Å². The van der Waals surface area contributed by atoms with E-state index in [2.05, 4.69) is 59.0 Å². The van der Waals surface area contributed by atoms with Gasteiger partial charge in [-0.1, -0.05) is 72.8 Å². The Morgan fingerprint density at radius 2 is 1.37 bits per heavy atom. The van der Waals surface area contributed by atoms with Crippen LogP contribution in [0.4, 0.5) is 11.4 Å². The second-order valence-electron chi connectivity index (χ2n) is 10.3. The van der Waals surface area contributed by atoms with Crippen molar-refractivity contribution in [2.24, 2.45) is 0 Å². The zero-order valence-electron chi connectivity index (χ0n) is 23.9. The molecule has 4 aromatic rings. The van der Waals surface area contributed by atoms with Crippen LogP contribution in [0.3, 0.4) is 0 Å². The molecule has 0 aromatic heterocycles. The van der Waals surface area contributed by atoms with Crippen LogP contribution in [0.1, 0.15) is 46.5 Å². The first-order valence-electron chi connectivity index (χ1n) is 14.1. The number of carbonyl (C=O) groups is 2. The van der Waals surface area contributed by atoms with Crippen molar-refractivity contribution < 1.29 is 9.59 Å². The fraction of sp³-hybridized carbons (Fsp3) is 0.200. The third-order valence-electron chi connectivity index (χ3n) is 7.35. The van der Waals surface area contributed by atoms with Crippen LogP contribution in [0, 0.1) is 0 Å². The standard InChI is InChI=1S/C35H36N4O2/c1-4-39(5-2)35(41)28-18-21-31-30(22-28)32(34(40)37-31)33(27-14-10-7-11-15-27)36-29-19-16-26(17-20-29)24-38(3)23-25-12-8-6-9-13-25/h6-22,36H,4-5,23-24H2,1-3H3,(H,37,40)/b33-32-. The Kier molecular flexibility index (Phi) is 8.61. The molecule has 0 saturated heterocycles. The SMILES string of the molecule is CCN(CC)C(=O)c1ccc2c(c1)/C(=C(/Nc1ccc(CN(C)Cc3ccccc3)cc1)c1ccccc1)C(=O)N2. The van der Waals surface area contributed by atoms with Gasteiger partial charge in [0.1, 0.15) is 0 Å². The van der Waals surface area contributed by atoms with Crippen LogP contribution in [-0.4, -0.2) is 41.8 Å². The third kappa shape index (κ3) is 6.39. The number of benzene rings is 4. The summed E-state index contributed by atoms with van der Waals surface area (Å²) in [6.45, 7) is 6.88. The van der Waals surface area contributed by atoms with E-state index in [1.807, 2.05) is 74.5 Å². The van der Waals surface area contributed by atoms with E-state index in [-0.39, 0.29) is 11.8 Å². The van der Waals surface area contributed by atoms with Gasteiger partial charge in [0, 0.05) is 48.7 Å². The summed E-state index contributed by atoms with van der Waals surface area (Å²) in [5.74, 6) is -0.239. The van der Waals surface area contributed by atoms with Crippen LogP contribution in [0.5, 0.6) is 0 Å². The summed E-state index contributed by atoms with van der Waals surface area (Å²) < 4.78 is 0. The van der Waals surface area contributed by atoms with Crippen LogP contribution >= 0.6 is 0 Å². The second-order valence-corrected chi connectivity index (χ2v) is 10.3. The first-order valence-corrected chi connectivity index (χ1v) is 14.1. The fourth-order valence-electron chi connectivity index (χ4n) is 5.23. The number of hydrogen-bond acceptors (Lipinski definition) is 4.